The van der Waals surface area contributed by atoms with Crippen molar-refractivity contribution >= 4 is 16.3 Å². The van der Waals surface area contributed by atoms with Crippen molar-refractivity contribution < 1.29 is 4.92 Å². The first kappa shape index (κ1) is 15.7. The van der Waals surface area contributed by atoms with E-state index in [1.807, 2.05) is 23.6 Å². The van der Waals surface area contributed by atoms with E-state index < -0.39 is 0 Å². The van der Waals surface area contributed by atoms with Gasteiger partial charge in [-0.25, -0.2) is 0 Å². The Morgan fingerprint density at radius 2 is 1.95 bits per heavy atom. The highest BCUT2D eigenvalue weighted by atomic mass is 32.1. The highest BCUT2D eigenvalue weighted by Gasteiger charge is 2.25. The molecule has 4 nitrogen and oxygen atoms in total. The summed E-state index contributed by atoms with van der Waals surface area (Å²) in [5.74, 6) is 0. The molecular weight excluding hydrogens is 284 g/mol. The van der Waals surface area contributed by atoms with Crippen molar-refractivity contribution in [2.24, 2.45) is 5.41 Å². The van der Waals surface area contributed by atoms with Gasteiger partial charge >= 0.3 is 5.00 Å². The van der Waals surface area contributed by atoms with Crippen molar-refractivity contribution in [3.63, 3.8) is 0 Å². The molecule has 21 heavy (non-hydrogen) atoms. The van der Waals surface area contributed by atoms with Crippen LogP contribution < -0.4 is 5.32 Å². The molecular formula is C16H20N2O2S. The summed E-state index contributed by atoms with van der Waals surface area (Å²) >= 11 is 1.17. The number of nitrogens with one attached hydrogen (secondary N) is 1. The molecule has 0 radical (unpaired) electrons. The molecule has 1 N–H and O–H groups in total. The van der Waals surface area contributed by atoms with E-state index in [2.05, 4.69) is 38.2 Å². The lowest BCUT2D eigenvalue weighted by atomic mass is 9.82. The average Bonchev–Trinajstić information content (AvgIpc) is 2.88. The maximum Gasteiger partial charge on any atom is 0.324 e. The molecule has 0 fully saturated rings. The van der Waals surface area contributed by atoms with Gasteiger partial charge in [0.05, 0.1) is 4.92 Å². The first-order valence-corrected chi connectivity index (χ1v) is 7.76. The molecule has 1 atom stereocenters. The van der Waals surface area contributed by atoms with Crippen LogP contribution in [0.3, 0.4) is 0 Å². The SMILES string of the molecule is CC(C)(C)C(NCc1csc([N+](=O)[O-])c1)c1ccccc1. The molecule has 0 aliphatic carbocycles. The summed E-state index contributed by atoms with van der Waals surface area (Å²) in [6.07, 6.45) is 0. The second-order valence-electron chi connectivity index (χ2n) is 6.14. The van der Waals surface area contributed by atoms with Gasteiger partial charge in [0.1, 0.15) is 0 Å². The summed E-state index contributed by atoms with van der Waals surface area (Å²) in [5.41, 5.74) is 2.25. The summed E-state index contributed by atoms with van der Waals surface area (Å²) in [4.78, 5) is 10.4. The number of thiophene rings is 1. The molecule has 112 valence electrons. The minimum absolute atomic E-state index is 0.0588. The molecule has 0 amide bonds. The minimum Gasteiger partial charge on any atom is -0.305 e. The molecule has 0 spiro atoms. The first-order chi connectivity index (χ1) is 9.88. The summed E-state index contributed by atoms with van der Waals surface area (Å²) in [5, 5.41) is 16.3. The van der Waals surface area contributed by atoms with Gasteiger partial charge in [0, 0.05) is 24.0 Å². The Morgan fingerprint density at radius 3 is 2.48 bits per heavy atom. The predicted octanol–water partition coefficient (Wildman–Crippen LogP) is 4.53. The van der Waals surface area contributed by atoms with Gasteiger partial charge in [-0.1, -0.05) is 62.4 Å². The zero-order valence-electron chi connectivity index (χ0n) is 12.5. The van der Waals surface area contributed by atoms with Crippen molar-refractivity contribution in [2.45, 2.75) is 33.4 Å². The lowest BCUT2D eigenvalue weighted by Crippen LogP contribution is -2.31. The fourth-order valence-electron chi connectivity index (χ4n) is 2.34. The summed E-state index contributed by atoms with van der Waals surface area (Å²) in [6, 6.07) is 12.1. The molecule has 0 bridgehead atoms. The number of hydrogen-bond acceptors (Lipinski definition) is 4. The van der Waals surface area contributed by atoms with Crippen LogP contribution >= 0.6 is 11.3 Å². The maximum atomic E-state index is 10.7. The van der Waals surface area contributed by atoms with Crippen LogP contribution in [0, 0.1) is 15.5 Å². The standard InChI is InChI=1S/C16H20N2O2S/c1-16(2,3)15(13-7-5-4-6-8-13)17-10-12-9-14(18(19)20)21-11-12/h4-9,11,15,17H,10H2,1-3H3. The minimum atomic E-state index is -0.341. The zero-order chi connectivity index (χ0) is 15.5. The Morgan fingerprint density at radius 1 is 1.29 bits per heavy atom. The fraction of sp³-hybridized carbons (Fsp3) is 0.375. The van der Waals surface area contributed by atoms with E-state index in [1.165, 1.54) is 16.9 Å². The Hall–Kier alpha value is -1.72. The molecule has 2 aromatic rings. The number of hydrogen-bond donors (Lipinski definition) is 1. The van der Waals surface area contributed by atoms with Crippen LogP contribution in [0.2, 0.25) is 0 Å². The van der Waals surface area contributed by atoms with Crippen LogP contribution in [0.4, 0.5) is 5.00 Å². The highest BCUT2D eigenvalue weighted by molar-refractivity contribution is 7.13. The van der Waals surface area contributed by atoms with Crippen LogP contribution in [0.25, 0.3) is 0 Å². The monoisotopic (exact) mass is 304 g/mol. The van der Waals surface area contributed by atoms with Gasteiger partial charge in [-0.2, -0.15) is 0 Å². The van der Waals surface area contributed by atoms with Crippen LogP contribution in [-0.4, -0.2) is 4.92 Å². The van der Waals surface area contributed by atoms with E-state index in [-0.39, 0.29) is 21.4 Å². The van der Waals surface area contributed by atoms with E-state index >= 15 is 0 Å². The van der Waals surface area contributed by atoms with E-state index in [0.29, 0.717) is 6.54 Å². The van der Waals surface area contributed by atoms with Gasteiger partial charge in [-0.15, -0.1) is 0 Å². The van der Waals surface area contributed by atoms with Crippen molar-refractivity contribution in [1.82, 2.24) is 5.32 Å². The van der Waals surface area contributed by atoms with Crippen LogP contribution in [-0.2, 0) is 6.54 Å². The van der Waals surface area contributed by atoms with Gasteiger partial charge in [0.15, 0.2) is 0 Å². The summed E-state index contributed by atoms with van der Waals surface area (Å²) in [6.45, 7) is 7.19. The number of nitrogens with zero attached hydrogens (tertiary/aromatic N) is 1. The molecule has 1 heterocycles. The van der Waals surface area contributed by atoms with Gasteiger partial charge in [-0.3, -0.25) is 10.1 Å². The smallest absolute Gasteiger partial charge is 0.305 e. The molecule has 1 aromatic heterocycles. The van der Waals surface area contributed by atoms with Crippen LogP contribution in [0.5, 0.6) is 0 Å². The molecule has 0 saturated carbocycles. The Balaban J connectivity index is 2.11. The molecule has 2 rings (SSSR count). The van der Waals surface area contributed by atoms with Gasteiger partial charge in [0.25, 0.3) is 0 Å². The first-order valence-electron chi connectivity index (χ1n) is 6.88. The van der Waals surface area contributed by atoms with Crippen molar-refractivity contribution in [3.8, 4) is 0 Å². The lowest BCUT2D eigenvalue weighted by molar-refractivity contribution is -0.380. The largest absolute Gasteiger partial charge is 0.324 e. The Kier molecular flexibility index (Phi) is 4.75. The number of nitro groups is 1. The molecule has 1 aromatic carbocycles. The predicted molar refractivity (Wildman–Crippen MR) is 86.5 cm³/mol. The van der Waals surface area contributed by atoms with Gasteiger partial charge in [0.2, 0.25) is 0 Å². The molecule has 0 saturated heterocycles. The Bertz CT molecular complexity index is 602. The second-order valence-corrected chi connectivity index (χ2v) is 7.03. The van der Waals surface area contributed by atoms with Crippen molar-refractivity contribution in [2.75, 3.05) is 0 Å². The highest BCUT2D eigenvalue weighted by Crippen LogP contribution is 2.33. The van der Waals surface area contributed by atoms with Crippen LogP contribution in [0.1, 0.15) is 37.9 Å². The quantitative estimate of drug-likeness (QED) is 0.652. The molecule has 0 aliphatic heterocycles. The zero-order valence-corrected chi connectivity index (χ0v) is 13.3. The third-order valence-corrected chi connectivity index (χ3v) is 4.26. The third kappa shape index (κ3) is 4.12. The summed E-state index contributed by atoms with van der Waals surface area (Å²) in [7, 11) is 0. The van der Waals surface area contributed by atoms with Gasteiger partial charge in [-0.05, 0) is 16.5 Å². The average molecular weight is 304 g/mol. The Labute approximate surface area is 129 Å². The van der Waals surface area contributed by atoms with E-state index in [9.17, 15) is 10.1 Å². The number of rotatable bonds is 5. The van der Waals surface area contributed by atoms with E-state index in [0.717, 1.165) is 5.56 Å². The van der Waals surface area contributed by atoms with Crippen molar-refractivity contribution in [3.05, 3.63) is 63.0 Å². The summed E-state index contributed by atoms with van der Waals surface area (Å²) < 4.78 is 0. The second kappa shape index (κ2) is 6.37. The molecule has 0 aliphatic rings. The lowest BCUT2D eigenvalue weighted by Gasteiger charge is -2.32. The molecule has 5 heteroatoms. The third-order valence-electron chi connectivity index (χ3n) is 3.33. The topological polar surface area (TPSA) is 55.2 Å². The fourth-order valence-corrected chi connectivity index (χ4v) is 3.07. The van der Waals surface area contributed by atoms with E-state index in [4.69, 9.17) is 0 Å². The molecule has 1 unspecified atom stereocenters. The van der Waals surface area contributed by atoms with Crippen LogP contribution in [0.15, 0.2) is 41.8 Å². The van der Waals surface area contributed by atoms with E-state index in [1.54, 1.807) is 6.07 Å². The normalized spacial score (nSPS) is 13.1. The van der Waals surface area contributed by atoms with Gasteiger partial charge < -0.3 is 5.32 Å². The number of benzene rings is 1. The maximum absolute atomic E-state index is 10.7. The van der Waals surface area contributed by atoms with Crippen molar-refractivity contribution in [1.29, 1.82) is 0 Å².